The van der Waals surface area contributed by atoms with Crippen LogP contribution in [0.3, 0.4) is 0 Å². The van der Waals surface area contributed by atoms with Crippen LogP contribution in [0.25, 0.3) is 21.9 Å². The summed E-state index contributed by atoms with van der Waals surface area (Å²) < 4.78 is 1.77. The van der Waals surface area contributed by atoms with Gasteiger partial charge in [-0.15, -0.1) is 0 Å². The molecule has 0 spiro atoms. The van der Waals surface area contributed by atoms with Crippen molar-refractivity contribution in [3.63, 3.8) is 0 Å². The first-order chi connectivity index (χ1) is 15.0. The third-order valence-electron chi connectivity index (χ3n) is 5.63. The zero-order valence-electron chi connectivity index (χ0n) is 19.5. The lowest BCUT2D eigenvalue weighted by molar-refractivity contribution is 0.172. The zero-order chi connectivity index (χ0) is 23.6. The molecule has 1 aromatic heterocycles. The van der Waals surface area contributed by atoms with Crippen LogP contribution in [0.5, 0.6) is 0 Å². The van der Waals surface area contributed by atoms with Gasteiger partial charge in [0.05, 0.1) is 11.7 Å². The predicted molar refractivity (Wildman–Crippen MR) is 130 cm³/mol. The van der Waals surface area contributed by atoms with Gasteiger partial charge in [-0.2, -0.15) is 0 Å². The van der Waals surface area contributed by atoms with Crippen LogP contribution in [0.4, 0.5) is 4.79 Å². The van der Waals surface area contributed by atoms with Crippen molar-refractivity contribution in [3.05, 3.63) is 70.1 Å². The lowest BCUT2D eigenvalue weighted by Gasteiger charge is -2.35. The fourth-order valence-electron chi connectivity index (χ4n) is 4.21. The van der Waals surface area contributed by atoms with E-state index in [1.165, 1.54) is 0 Å². The minimum absolute atomic E-state index is 0.117. The summed E-state index contributed by atoms with van der Waals surface area (Å²) in [6, 6.07) is 14.9. The van der Waals surface area contributed by atoms with Gasteiger partial charge in [0.25, 0.3) is 5.56 Å². The van der Waals surface area contributed by atoms with Crippen LogP contribution in [-0.2, 0) is 13.1 Å². The summed E-state index contributed by atoms with van der Waals surface area (Å²) in [5.74, 6) is 0.196. The number of hydrogen-bond acceptors (Lipinski definition) is 3. The van der Waals surface area contributed by atoms with Crippen LogP contribution in [-0.4, -0.2) is 15.8 Å². The number of benzene rings is 2. The molecule has 0 aliphatic rings. The van der Waals surface area contributed by atoms with E-state index < -0.39 is 17.6 Å². The smallest absolute Gasteiger partial charge is 0.405 e. The van der Waals surface area contributed by atoms with Gasteiger partial charge >= 0.3 is 6.09 Å². The Hall–Kier alpha value is -3.12. The van der Waals surface area contributed by atoms with Crippen molar-refractivity contribution in [1.29, 1.82) is 0 Å². The van der Waals surface area contributed by atoms with Crippen molar-refractivity contribution in [2.75, 3.05) is 0 Å². The molecular formula is C26H33N3O3. The Bertz CT molecular complexity index is 1170. The molecule has 1 unspecified atom stereocenters. The predicted octanol–water partition coefficient (Wildman–Crippen LogP) is 5.14. The van der Waals surface area contributed by atoms with E-state index >= 15 is 0 Å². The van der Waals surface area contributed by atoms with Crippen LogP contribution in [0.15, 0.2) is 53.3 Å². The SMILES string of the molecule is CC(C)Cn1c(C(NC(=O)O)C(C)(C)C)c(-c2ccccc2)c2cc(CN)ccc2c1=O. The monoisotopic (exact) mass is 435 g/mol. The largest absolute Gasteiger partial charge is 0.465 e. The van der Waals surface area contributed by atoms with Crippen molar-refractivity contribution in [3.8, 4) is 11.1 Å². The van der Waals surface area contributed by atoms with Gasteiger partial charge < -0.3 is 20.7 Å². The normalized spacial score (nSPS) is 12.8. The van der Waals surface area contributed by atoms with Crippen LogP contribution in [0, 0.1) is 11.3 Å². The Morgan fingerprint density at radius 3 is 2.28 bits per heavy atom. The minimum atomic E-state index is -1.12. The van der Waals surface area contributed by atoms with E-state index in [-0.39, 0.29) is 11.5 Å². The van der Waals surface area contributed by atoms with E-state index in [1.807, 2.05) is 69.3 Å². The quantitative estimate of drug-likeness (QED) is 0.499. The van der Waals surface area contributed by atoms with Gasteiger partial charge in [-0.25, -0.2) is 4.79 Å². The molecule has 0 saturated carbocycles. The molecule has 0 radical (unpaired) electrons. The van der Waals surface area contributed by atoms with Crippen molar-refractivity contribution >= 4 is 16.9 Å². The highest BCUT2D eigenvalue weighted by molar-refractivity contribution is 5.98. The van der Waals surface area contributed by atoms with Crippen LogP contribution in [0.2, 0.25) is 0 Å². The van der Waals surface area contributed by atoms with Gasteiger partial charge in [0.2, 0.25) is 0 Å². The molecule has 170 valence electrons. The lowest BCUT2D eigenvalue weighted by Crippen LogP contribution is -2.40. The molecule has 0 aliphatic heterocycles. The summed E-state index contributed by atoms with van der Waals surface area (Å²) in [5.41, 5.74) is 8.73. The molecule has 32 heavy (non-hydrogen) atoms. The summed E-state index contributed by atoms with van der Waals surface area (Å²) in [6.07, 6.45) is -1.12. The minimum Gasteiger partial charge on any atom is -0.465 e. The maximum absolute atomic E-state index is 13.7. The Morgan fingerprint density at radius 2 is 1.75 bits per heavy atom. The second-order valence-electron chi connectivity index (χ2n) is 9.77. The van der Waals surface area contributed by atoms with Gasteiger partial charge in [0.15, 0.2) is 0 Å². The summed E-state index contributed by atoms with van der Waals surface area (Å²) in [5, 5.41) is 13.8. The highest BCUT2D eigenvalue weighted by Gasteiger charge is 2.34. The average Bonchev–Trinajstić information content (AvgIpc) is 2.73. The molecule has 3 rings (SSSR count). The molecule has 1 heterocycles. The molecule has 0 saturated heterocycles. The highest BCUT2D eigenvalue weighted by atomic mass is 16.4. The maximum Gasteiger partial charge on any atom is 0.405 e. The Balaban J connectivity index is 2.58. The summed E-state index contributed by atoms with van der Waals surface area (Å²) in [6.45, 7) is 10.9. The number of nitrogens with one attached hydrogen (secondary N) is 1. The first-order valence-corrected chi connectivity index (χ1v) is 11.0. The van der Waals surface area contributed by atoms with Gasteiger partial charge in [0.1, 0.15) is 0 Å². The number of amides is 1. The van der Waals surface area contributed by atoms with E-state index in [4.69, 9.17) is 5.73 Å². The third kappa shape index (κ3) is 4.70. The van der Waals surface area contributed by atoms with Gasteiger partial charge in [0, 0.05) is 24.0 Å². The Morgan fingerprint density at radius 1 is 1.09 bits per heavy atom. The second kappa shape index (κ2) is 9.17. The molecule has 2 aromatic carbocycles. The van der Waals surface area contributed by atoms with Gasteiger partial charge in [-0.05, 0) is 40.0 Å². The molecule has 6 nitrogen and oxygen atoms in total. The van der Waals surface area contributed by atoms with Crippen molar-refractivity contribution < 1.29 is 9.90 Å². The number of pyridine rings is 1. The number of aromatic nitrogens is 1. The van der Waals surface area contributed by atoms with E-state index in [1.54, 1.807) is 4.57 Å². The first-order valence-electron chi connectivity index (χ1n) is 11.0. The fraction of sp³-hybridized carbons (Fsp3) is 0.385. The fourth-order valence-corrected chi connectivity index (χ4v) is 4.21. The number of carboxylic acid groups (broad SMARTS) is 1. The van der Waals surface area contributed by atoms with E-state index in [0.29, 0.717) is 24.2 Å². The van der Waals surface area contributed by atoms with Crippen LogP contribution < -0.4 is 16.6 Å². The standard InChI is InChI=1S/C26H33N3O3/c1-16(2)15-29-22(23(26(3,4)5)28-25(31)32)21(18-9-7-6-8-10-18)20-13-17(14-27)11-12-19(20)24(29)30/h6-13,16,23,28H,14-15,27H2,1-5H3,(H,31,32). The molecule has 1 atom stereocenters. The number of rotatable bonds is 6. The molecule has 1 amide bonds. The van der Waals surface area contributed by atoms with Crippen molar-refractivity contribution in [2.45, 2.75) is 53.8 Å². The lowest BCUT2D eigenvalue weighted by atomic mass is 9.80. The Labute approximate surface area is 189 Å². The Kier molecular flexibility index (Phi) is 6.74. The number of nitrogens with zero attached hydrogens (tertiary/aromatic N) is 1. The van der Waals surface area contributed by atoms with Crippen LogP contribution >= 0.6 is 0 Å². The van der Waals surface area contributed by atoms with Crippen molar-refractivity contribution in [2.24, 2.45) is 17.1 Å². The van der Waals surface area contributed by atoms with E-state index in [9.17, 15) is 14.7 Å². The van der Waals surface area contributed by atoms with Gasteiger partial charge in [-0.1, -0.05) is 71.0 Å². The van der Waals surface area contributed by atoms with Crippen molar-refractivity contribution in [1.82, 2.24) is 9.88 Å². The number of nitrogens with two attached hydrogens (primary N) is 1. The number of fused-ring (bicyclic) bond motifs is 1. The molecule has 0 aliphatic carbocycles. The highest BCUT2D eigenvalue weighted by Crippen LogP contribution is 2.41. The number of hydrogen-bond donors (Lipinski definition) is 3. The summed E-state index contributed by atoms with van der Waals surface area (Å²) in [7, 11) is 0. The second-order valence-corrected chi connectivity index (χ2v) is 9.77. The first kappa shape index (κ1) is 23.5. The van der Waals surface area contributed by atoms with Crippen LogP contribution in [0.1, 0.15) is 51.9 Å². The molecular weight excluding hydrogens is 402 g/mol. The molecule has 0 fully saturated rings. The maximum atomic E-state index is 13.7. The molecule has 4 N–H and O–H groups in total. The van der Waals surface area contributed by atoms with E-state index in [0.717, 1.165) is 22.1 Å². The zero-order valence-corrected chi connectivity index (χ0v) is 19.5. The number of carbonyl (C=O) groups is 1. The topological polar surface area (TPSA) is 97.3 Å². The van der Waals surface area contributed by atoms with E-state index in [2.05, 4.69) is 19.2 Å². The molecule has 3 aromatic rings. The molecule has 6 heteroatoms. The molecule has 0 bridgehead atoms. The third-order valence-corrected chi connectivity index (χ3v) is 5.63. The summed E-state index contributed by atoms with van der Waals surface area (Å²) >= 11 is 0. The van der Waals surface area contributed by atoms with Gasteiger partial charge in [-0.3, -0.25) is 4.79 Å². The summed E-state index contributed by atoms with van der Waals surface area (Å²) in [4.78, 5) is 25.6. The average molecular weight is 436 g/mol.